The van der Waals surface area contributed by atoms with Crippen LogP contribution in [0.4, 0.5) is 11.4 Å². The summed E-state index contributed by atoms with van der Waals surface area (Å²) < 4.78 is 8.41. The summed E-state index contributed by atoms with van der Waals surface area (Å²) in [5, 5.41) is 5.42. The number of para-hydroxylation sites is 1. The van der Waals surface area contributed by atoms with Gasteiger partial charge in [-0.25, -0.2) is 4.68 Å². The largest absolute Gasteiger partial charge is 0.372 e. The summed E-state index contributed by atoms with van der Waals surface area (Å²) in [5.74, 6) is -0.736. The number of amides is 2. The maximum Gasteiger partial charge on any atom is 0.295 e. The first-order valence-electron chi connectivity index (χ1n) is 10.1. The molecule has 31 heavy (non-hydrogen) atoms. The van der Waals surface area contributed by atoms with E-state index in [0.29, 0.717) is 29.2 Å². The van der Waals surface area contributed by atoms with Crippen LogP contribution >= 0.6 is 0 Å². The molecule has 0 unspecified atom stereocenters. The molecule has 0 aliphatic rings. The van der Waals surface area contributed by atoms with Crippen LogP contribution in [0.3, 0.4) is 0 Å². The average molecular weight is 422 g/mol. The van der Waals surface area contributed by atoms with Crippen LogP contribution in [0.2, 0.25) is 0 Å². The predicted molar refractivity (Wildman–Crippen MR) is 120 cm³/mol. The summed E-state index contributed by atoms with van der Waals surface area (Å²) in [6.07, 6.45) is 0.827. The SMILES string of the molecule is CCCOCC(=O)Nc1cccc(C(=O)Nc2c(C)n(C)n(-c3ccccc3)c2=O)c1. The van der Waals surface area contributed by atoms with Crippen LogP contribution in [0, 0.1) is 6.92 Å². The summed E-state index contributed by atoms with van der Waals surface area (Å²) in [7, 11) is 1.76. The first-order valence-corrected chi connectivity index (χ1v) is 10.1. The Hall–Kier alpha value is -3.65. The van der Waals surface area contributed by atoms with E-state index in [1.165, 1.54) is 4.68 Å². The molecule has 8 nitrogen and oxygen atoms in total. The molecule has 2 amide bonds. The minimum atomic E-state index is -0.440. The van der Waals surface area contributed by atoms with Gasteiger partial charge in [0, 0.05) is 24.9 Å². The Morgan fingerprint density at radius 1 is 1.03 bits per heavy atom. The highest BCUT2D eigenvalue weighted by Crippen LogP contribution is 2.16. The fraction of sp³-hybridized carbons (Fsp3) is 0.261. The summed E-state index contributed by atoms with van der Waals surface area (Å²) in [6.45, 7) is 4.19. The number of carbonyl (C=O) groups is 2. The Morgan fingerprint density at radius 3 is 2.48 bits per heavy atom. The number of rotatable bonds is 8. The topological polar surface area (TPSA) is 94.4 Å². The summed E-state index contributed by atoms with van der Waals surface area (Å²) >= 11 is 0. The van der Waals surface area contributed by atoms with Crippen LogP contribution < -0.4 is 16.2 Å². The molecular formula is C23H26N4O4. The van der Waals surface area contributed by atoms with E-state index in [2.05, 4.69) is 10.6 Å². The highest BCUT2D eigenvalue weighted by molar-refractivity contribution is 6.05. The van der Waals surface area contributed by atoms with Crippen molar-refractivity contribution in [1.29, 1.82) is 0 Å². The summed E-state index contributed by atoms with van der Waals surface area (Å²) in [6, 6.07) is 15.7. The van der Waals surface area contributed by atoms with Crippen LogP contribution in [0.5, 0.6) is 0 Å². The van der Waals surface area contributed by atoms with Crippen LogP contribution in [0.25, 0.3) is 5.69 Å². The van der Waals surface area contributed by atoms with E-state index in [4.69, 9.17) is 4.74 Å². The maximum absolute atomic E-state index is 13.0. The monoisotopic (exact) mass is 422 g/mol. The van der Waals surface area contributed by atoms with Gasteiger partial charge >= 0.3 is 0 Å². The lowest BCUT2D eigenvalue weighted by Crippen LogP contribution is -2.23. The molecule has 3 rings (SSSR count). The van der Waals surface area contributed by atoms with Crippen molar-refractivity contribution in [2.75, 3.05) is 23.8 Å². The molecule has 0 saturated heterocycles. The standard InChI is InChI=1S/C23H26N4O4/c1-4-13-31-15-20(28)24-18-10-8-9-17(14-18)22(29)25-21-16(2)26(3)27(23(21)30)19-11-6-5-7-12-19/h5-12,14H,4,13,15H2,1-3H3,(H,24,28)(H,25,29). The second-order valence-electron chi connectivity index (χ2n) is 7.07. The van der Waals surface area contributed by atoms with Crippen molar-refractivity contribution in [3.05, 3.63) is 76.2 Å². The Morgan fingerprint density at radius 2 is 1.77 bits per heavy atom. The number of hydrogen-bond donors (Lipinski definition) is 2. The molecule has 0 radical (unpaired) electrons. The molecule has 0 bridgehead atoms. The quantitative estimate of drug-likeness (QED) is 0.546. The zero-order valence-corrected chi connectivity index (χ0v) is 17.8. The average Bonchev–Trinajstić information content (AvgIpc) is 2.97. The zero-order valence-electron chi connectivity index (χ0n) is 17.8. The van der Waals surface area contributed by atoms with Crippen molar-refractivity contribution in [2.45, 2.75) is 20.3 Å². The molecule has 0 fully saturated rings. The summed E-state index contributed by atoms with van der Waals surface area (Å²) in [4.78, 5) is 37.7. The fourth-order valence-corrected chi connectivity index (χ4v) is 3.14. The number of nitrogens with one attached hydrogen (secondary N) is 2. The minimum absolute atomic E-state index is 0.0491. The number of nitrogens with zero attached hydrogens (tertiary/aromatic N) is 2. The van der Waals surface area contributed by atoms with Crippen molar-refractivity contribution in [3.63, 3.8) is 0 Å². The van der Waals surface area contributed by atoms with Gasteiger partial charge in [0.25, 0.3) is 11.5 Å². The van der Waals surface area contributed by atoms with Gasteiger partial charge < -0.3 is 15.4 Å². The highest BCUT2D eigenvalue weighted by atomic mass is 16.5. The van der Waals surface area contributed by atoms with Gasteiger partial charge in [0.2, 0.25) is 5.91 Å². The first-order chi connectivity index (χ1) is 14.9. The third-order valence-corrected chi connectivity index (χ3v) is 4.78. The van der Waals surface area contributed by atoms with E-state index in [1.807, 2.05) is 37.3 Å². The molecule has 0 spiro atoms. The molecule has 1 heterocycles. The molecule has 0 aliphatic heterocycles. The first kappa shape index (κ1) is 22.0. The molecule has 8 heteroatoms. The van der Waals surface area contributed by atoms with Gasteiger partial charge in [-0.2, -0.15) is 0 Å². The fourth-order valence-electron chi connectivity index (χ4n) is 3.14. The van der Waals surface area contributed by atoms with E-state index in [1.54, 1.807) is 42.9 Å². The van der Waals surface area contributed by atoms with Crippen molar-refractivity contribution in [3.8, 4) is 5.69 Å². The van der Waals surface area contributed by atoms with E-state index >= 15 is 0 Å². The van der Waals surface area contributed by atoms with Crippen LogP contribution in [0.15, 0.2) is 59.4 Å². The predicted octanol–water partition coefficient (Wildman–Crippen LogP) is 3.10. The smallest absolute Gasteiger partial charge is 0.295 e. The lowest BCUT2D eigenvalue weighted by molar-refractivity contribution is -0.120. The van der Waals surface area contributed by atoms with Crippen LogP contribution in [-0.4, -0.2) is 34.4 Å². The lowest BCUT2D eigenvalue weighted by Gasteiger charge is -2.08. The molecule has 2 N–H and O–H groups in total. The molecule has 162 valence electrons. The van der Waals surface area contributed by atoms with Crippen molar-refractivity contribution < 1.29 is 14.3 Å². The van der Waals surface area contributed by atoms with Gasteiger partial charge in [0.05, 0.1) is 11.4 Å². The van der Waals surface area contributed by atoms with Crippen molar-refractivity contribution in [2.24, 2.45) is 7.05 Å². The van der Waals surface area contributed by atoms with Gasteiger partial charge in [0.15, 0.2) is 0 Å². The Bertz CT molecular complexity index is 1130. The number of carbonyl (C=O) groups excluding carboxylic acids is 2. The number of hydrogen-bond acceptors (Lipinski definition) is 4. The molecule has 2 aromatic carbocycles. The number of anilines is 2. The van der Waals surface area contributed by atoms with Gasteiger partial charge in [-0.1, -0.05) is 31.2 Å². The van der Waals surface area contributed by atoms with E-state index in [0.717, 1.165) is 6.42 Å². The van der Waals surface area contributed by atoms with Crippen molar-refractivity contribution >= 4 is 23.2 Å². The second kappa shape index (κ2) is 9.90. The van der Waals surface area contributed by atoms with Gasteiger partial charge in [0.1, 0.15) is 12.3 Å². The van der Waals surface area contributed by atoms with Crippen LogP contribution in [0.1, 0.15) is 29.4 Å². The zero-order chi connectivity index (χ0) is 22.4. The molecule has 0 aliphatic carbocycles. The second-order valence-corrected chi connectivity index (χ2v) is 7.07. The van der Waals surface area contributed by atoms with Crippen molar-refractivity contribution in [1.82, 2.24) is 9.36 Å². The Labute approximate surface area is 180 Å². The summed E-state index contributed by atoms with van der Waals surface area (Å²) in [5.41, 5.74) is 2.01. The molecular weight excluding hydrogens is 396 g/mol. The highest BCUT2D eigenvalue weighted by Gasteiger charge is 2.19. The van der Waals surface area contributed by atoms with Gasteiger partial charge in [-0.05, 0) is 43.7 Å². The maximum atomic E-state index is 13.0. The van der Waals surface area contributed by atoms with E-state index < -0.39 is 5.91 Å². The van der Waals surface area contributed by atoms with E-state index in [-0.39, 0.29) is 23.8 Å². The lowest BCUT2D eigenvalue weighted by atomic mass is 10.2. The normalized spacial score (nSPS) is 10.7. The van der Waals surface area contributed by atoms with E-state index in [9.17, 15) is 14.4 Å². The Kier molecular flexibility index (Phi) is 7.04. The van der Waals surface area contributed by atoms with Gasteiger partial charge in [-0.3, -0.25) is 19.1 Å². The molecule has 0 atom stereocenters. The minimum Gasteiger partial charge on any atom is -0.372 e. The number of benzene rings is 2. The third kappa shape index (κ3) is 5.10. The van der Waals surface area contributed by atoms with Crippen LogP contribution in [-0.2, 0) is 16.6 Å². The van der Waals surface area contributed by atoms with Gasteiger partial charge in [-0.15, -0.1) is 0 Å². The molecule has 3 aromatic rings. The Balaban J connectivity index is 1.78. The third-order valence-electron chi connectivity index (χ3n) is 4.78. The number of aromatic nitrogens is 2. The molecule has 1 aromatic heterocycles. The molecule has 0 saturated carbocycles. The number of ether oxygens (including phenoxy) is 1.